The first-order valence-electron chi connectivity index (χ1n) is 8.08. The van der Waals surface area contributed by atoms with Crippen LogP contribution < -0.4 is 0 Å². The van der Waals surface area contributed by atoms with Gasteiger partial charge in [0.2, 0.25) is 5.91 Å². The van der Waals surface area contributed by atoms with E-state index in [1.54, 1.807) is 0 Å². The van der Waals surface area contributed by atoms with E-state index >= 15 is 0 Å². The van der Waals surface area contributed by atoms with Crippen LogP contribution in [-0.2, 0) is 4.79 Å². The molecule has 2 aliphatic heterocycles. The van der Waals surface area contributed by atoms with Crippen molar-refractivity contribution < 1.29 is 4.79 Å². The monoisotopic (exact) mass is 266 g/mol. The Hall–Kier alpha value is -0.570. The molecule has 0 aromatic rings. The molecule has 0 spiro atoms. The largest absolute Gasteiger partial charge is 0.342 e. The molecule has 19 heavy (non-hydrogen) atoms. The minimum Gasteiger partial charge on any atom is -0.342 e. The van der Waals surface area contributed by atoms with Gasteiger partial charge in [-0.15, -0.1) is 0 Å². The van der Waals surface area contributed by atoms with Gasteiger partial charge in [-0.05, 0) is 45.2 Å². The predicted octanol–water partition coefficient (Wildman–Crippen LogP) is 2.90. The highest BCUT2D eigenvalue weighted by Crippen LogP contribution is 2.27. The normalized spacial score (nSPS) is 23.6. The minimum absolute atomic E-state index is 0.183. The highest BCUT2D eigenvalue weighted by Gasteiger charge is 2.33. The van der Waals surface area contributed by atoms with Gasteiger partial charge < -0.3 is 9.80 Å². The number of amides is 1. The lowest BCUT2D eigenvalue weighted by atomic mass is 9.87. The van der Waals surface area contributed by atoms with Crippen LogP contribution in [0.1, 0.15) is 59.3 Å². The molecule has 110 valence electrons. The van der Waals surface area contributed by atoms with E-state index in [9.17, 15) is 4.79 Å². The van der Waals surface area contributed by atoms with Crippen molar-refractivity contribution in [2.75, 3.05) is 26.2 Å². The van der Waals surface area contributed by atoms with Gasteiger partial charge in [0.05, 0.1) is 0 Å². The first-order chi connectivity index (χ1) is 9.04. The second-order valence-corrected chi connectivity index (χ2v) is 6.86. The Balaban J connectivity index is 1.83. The lowest BCUT2D eigenvalue weighted by Gasteiger charge is -2.42. The zero-order valence-electron chi connectivity index (χ0n) is 13.0. The fourth-order valence-corrected chi connectivity index (χ4v) is 3.30. The van der Waals surface area contributed by atoms with E-state index in [0.29, 0.717) is 5.91 Å². The van der Waals surface area contributed by atoms with Crippen molar-refractivity contribution in [2.24, 2.45) is 5.41 Å². The van der Waals surface area contributed by atoms with Crippen molar-refractivity contribution in [3.05, 3.63) is 0 Å². The van der Waals surface area contributed by atoms with Crippen LogP contribution in [0.15, 0.2) is 0 Å². The molecule has 0 atom stereocenters. The molecular weight excluding hydrogens is 236 g/mol. The van der Waals surface area contributed by atoms with Crippen LogP contribution in [0.2, 0.25) is 0 Å². The molecule has 3 heteroatoms. The maximum absolute atomic E-state index is 12.4. The molecule has 1 amide bonds. The summed E-state index contributed by atoms with van der Waals surface area (Å²) >= 11 is 0. The lowest BCUT2D eigenvalue weighted by molar-refractivity contribution is -0.142. The van der Waals surface area contributed by atoms with Crippen LogP contribution in [0.25, 0.3) is 0 Å². The van der Waals surface area contributed by atoms with E-state index in [1.807, 2.05) is 0 Å². The number of likely N-dealkylation sites (tertiary alicyclic amines) is 2. The fourth-order valence-electron chi connectivity index (χ4n) is 3.30. The Morgan fingerprint density at radius 3 is 2.16 bits per heavy atom. The highest BCUT2D eigenvalue weighted by molar-refractivity contribution is 5.82. The van der Waals surface area contributed by atoms with E-state index in [2.05, 4.69) is 30.6 Å². The van der Waals surface area contributed by atoms with Crippen molar-refractivity contribution in [3.8, 4) is 0 Å². The van der Waals surface area contributed by atoms with Gasteiger partial charge in [0.1, 0.15) is 0 Å². The summed E-state index contributed by atoms with van der Waals surface area (Å²) in [6, 6.07) is 0.731. The third kappa shape index (κ3) is 3.50. The third-order valence-corrected chi connectivity index (χ3v) is 5.12. The molecule has 0 radical (unpaired) electrons. The standard InChI is InChI=1S/C16H30N2O/c1-4-16(2,3)15(19)18-12-8-14(9-13-18)17-10-6-5-7-11-17/h14H,4-13H2,1-3H3. The number of carbonyl (C=O) groups is 1. The molecule has 2 aliphatic rings. The molecule has 0 saturated carbocycles. The van der Waals surface area contributed by atoms with Crippen molar-refractivity contribution >= 4 is 5.91 Å². The smallest absolute Gasteiger partial charge is 0.228 e. The zero-order valence-corrected chi connectivity index (χ0v) is 13.0. The summed E-state index contributed by atoms with van der Waals surface area (Å²) in [4.78, 5) is 17.2. The van der Waals surface area contributed by atoms with E-state index in [4.69, 9.17) is 0 Å². The summed E-state index contributed by atoms with van der Waals surface area (Å²) in [7, 11) is 0. The Bertz CT molecular complexity index is 300. The Labute approximate surface area is 118 Å². The molecule has 0 aromatic heterocycles. The van der Waals surface area contributed by atoms with E-state index in [1.165, 1.54) is 45.2 Å². The molecule has 0 N–H and O–H groups in total. The maximum atomic E-state index is 12.4. The average molecular weight is 266 g/mol. The van der Waals surface area contributed by atoms with Crippen molar-refractivity contribution in [1.82, 2.24) is 9.80 Å². The Kier molecular flexibility index (Phi) is 4.88. The van der Waals surface area contributed by atoms with Crippen LogP contribution in [-0.4, -0.2) is 47.9 Å². The van der Waals surface area contributed by atoms with Crippen LogP contribution in [0.5, 0.6) is 0 Å². The third-order valence-electron chi connectivity index (χ3n) is 5.12. The van der Waals surface area contributed by atoms with E-state index in [0.717, 1.165) is 25.6 Å². The molecule has 2 rings (SSSR count). The zero-order chi connectivity index (χ0) is 13.9. The summed E-state index contributed by atoms with van der Waals surface area (Å²) in [6.07, 6.45) is 7.40. The SMILES string of the molecule is CCC(C)(C)C(=O)N1CCC(N2CCCCC2)CC1. The van der Waals surface area contributed by atoms with Gasteiger partial charge in [0, 0.05) is 24.5 Å². The summed E-state index contributed by atoms with van der Waals surface area (Å²) < 4.78 is 0. The van der Waals surface area contributed by atoms with Crippen molar-refractivity contribution in [2.45, 2.75) is 65.3 Å². The molecule has 2 saturated heterocycles. The van der Waals surface area contributed by atoms with Crippen LogP contribution in [0, 0.1) is 5.41 Å². The number of rotatable bonds is 3. The Morgan fingerprint density at radius 2 is 1.63 bits per heavy atom. The van der Waals surface area contributed by atoms with Crippen LogP contribution in [0.3, 0.4) is 0 Å². The summed E-state index contributed by atoms with van der Waals surface area (Å²) in [5.74, 6) is 0.354. The van der Waals surface area contributed by atoms with E-state index < -0.39 is 0 Å². The average Bonchev–Trinajstić information content (AvgIpc) is 2.47. The van der Waals surface area contributed by atoms with Crippen LogP contribution >= 0.6 is 0 Å². The van der Waals surface area contributed by atoms with Crippen LogP contribution in [0.4, 0.5) is 0 Å². The molecule has 0 bridgehead atoms. The first kappa shape index (κ1) is 14.8. The summed E-state index contributed by atoms with van der Waals surface area (Å²) in [5.41, 5.74) is -0.183. The molecule has 3 nitrogen and oxygen atoms in total. The van der Waals surface area contributed by atoms with Gasteiger partial charge in [0.25, 0.3) is 0 Å². The number of carbonyl (C=O) groups excluding carboxylic acids is 1. The Morgan fingerprint density at radius 1 is 1.05 bits per heavy atom. The van der Waals surface area contributed by atoms with Crippen molar-refractivity contribution in [1.29, 1.82) is 0 Å². The minimum atomic E-state index is -0.183. The molecular formula is C16H30N2O. The molecule has 0 aliphatic carbocycles. The second-order valence-electron chi connectivity index (χ2n) is 6.86. The topological polar surface area (TPSA) is 23.6 Å². The molecule has 2 heterocycles. The molecule has 0 unspecified atom stereocenters. The van der Waals surface area contributed by atoms with Crippen molar-refractivity contribution in [3.63, 3.8) is 0 Å². The van der Waals surface area contributed by atoms with Gasteiger partial charge >= 0.3 is 0 Å². The lowest BCUT2D eigenvalue weighted by Crippen LogP contribution is -2.50. The summed E-state index contributed by atoms with van der Waals surface area (Å²) in [6.45, 7) is 10.7. The second kappa shape index (κ2) is 6.25. The number of nitrogens with zero attached hydrogens (tertiary/aromatic N) is 2. The number of hydrogen-bond donors (Lipinski definition) is 0. The van der Waals surface area contributed by atoms with Gasteiger partial charge in [-0.1, -0.05) is 27.2 Å². The fraction of sp³-hybridized carbons (Fsp3) is 0.938. The molecule has 2 fully saturated rings. The summed E-state index contributed by atoms with van der Waals surface area (Å²) in [5, 5.41) is 0. The van der Waals surface area contributed by atoms with Gasteiger partial charge in [-0.25, -0.2) is 0 Å². The van der Waals surface area contributed by atoms with Gasteiger partial charge in [-0.2, -0.15) is 0 Å². The van der Waals surface area contributed by atoms with Gasteiger partial charge in [-0.3, -0.25) is 4.79 Å². The highest BCUT2D eigenvalue weighted by atomic mass is 16.2. The number of piperidine rings is 2. The molecule has 0 aromatic carbocycles. The van der Waals surface area contributed by atoms with Gasteiger partial charge in [0.15, 0.2) is 0 Å². The predicted molar refractivity (Wildman–Crippen MR) is 79.1 cm³/mol. The maximum Gasteiger partial charge on any atom is 0.228 e. The number of hydrogen-bond acceptors (Lipinski definition) is 2. The first-order valence-corrected chi connectivity index (χ1v) is 8.08. The quantitative estimate of drug-likeness (QED) is 0.784. The van der Waals surface area contributed by atoms with E-state index in [-0.39, 0.29) is 5.41 Å².